The van der Waals surface area contributed by atoms with Gasteiger partial charge in [0, 0.05) is 19.0 Å². The van der Waals surface area contributed by atoms with Crippen molar-refractivity contribution in [3.05, 3.63) is 129 Å². The maximum absolute atomic E-state index is 14.4. The molecule has 1 N–H and O–H groups in total. The summed E-state index contributed by atoms with van der Waals surface area (Å²) in [5.41, 5.74) is 1.32. The van der Waals surface area contributed by atoms with Crippen molar-refractivity contribution in [1.82, 2.24) is 10.2 Å². The second kappa shape index (κ2) is 15.1. The fourth-order valence-electron chi connectivity index (χ4n) is 4.66. The summed E-state index contributed by atoms with van der Waals surface area (Å²) in [4.78, 5) is 29.4. The molecule has 0 saturated carbocycles. The molecule has 0 aliphatic carbocycles. The third kappa shape index (κ3) is 8.76. The zero-order chi connectivity index (χ0) is 32.7. The van der Waals surface area contributed by atoms with Crippen molar-refractivity contribution in [2.75, 3.05) is 10.8 Å². The quantitative estimate of drug-likeness (QED) is 0.171. The van der Waals surface area contributed by atoms with Crippen LogP contribution in [-0.2, 0) is 32.6 Å². The van der Waals surface area contributed by atoms with Crippen LogP contribution in [0, 0.1) is 5.82 Å². The molecule has 1 atom stereocenters. The van der Waals surface area contributed by atoms with E-state index in [0.29, 0.717) is 10.6 Å². The lowest BCUT2D eigenvalue weighted by atomic mass is 10.0. The van der Waals surface area contributed by atoms with Gasteiger partial charge < -0.3 is 10.2 Å². The fraction of sp³-hybridized carbons (Fsp3) is 0.212. The molecule has 236 valence electrons. The molecule has 0 aliphatic rings. The van der Waals surface area contributed by atoms with Crippen LogP contribution in [0.5, 0.6) is 0 Å². The van der Waals surface area contributed by atoms with Crippen molar-refractivity contribution in [1.29, 1.82) is 0 Å². The maximum atomic E-state index is 14.4. The number of carbonyl (C=O) groups is 2. The summed E-state index contributed by atoms with van der Waals surface area (Å²) >= 11 is 18.5. The molecule has 0 heterocycles. The summed E-state index contributed by atoms with van der Waals surface area (Å²) in [6.45, 7) is 2.78. The average Bonchev–Trinajstić information content (AvgIpc) is 3.01. The van der Waals surface area contributed by atoms with Crippen LogP contribution in [0.25, 0.3) is 0 Å². The van der Waals surface area contributed by atoms with Crippen molar-refractivity contribution in [3.63, 3.8) is 0 Å². The minimum absolute atomic E-state index is 0.0284. The highest BCUT2D eigenvalue weighted by atomic mass is 35.5. The van der Waals surface area contributed by atoms with Crippen molar-refractivity contribution < 1.29 is 22.4 Å². The minimum atomic E-state index is -4.36. The molecule has 1 unspecified atom stereocenters. The van der Waals surface area contributed by atoms with Crippen LogP contribution in [0.3, 0.4) is 0 Å². The number of hydrogen-bond acceptors (Lipinski definition) is 4. The van der Waals surface area contributed by atoms with E-state index >= 15 is 0 Å². The Balaban J connectivity index is 1.83. The highest BCUT2D eigenvalue weighted by Gasteiger charge is 2.35. The Kier molecular flexibility index (Phi) is 11.5. The zero-order valence-corrected chi connectivity index (χ0v) is 27.5. The molecule has 2 amide bonds. The van der Waals surface area contributed by atoms with Crippen LogP contribution in [0.2, 0.25) is 15.1 Å². The number of hydrogen-bond donors (Lipinski definition) is 1. The SMILES string of the molecule is CC(C)NC(=O)C(Cc1ccccc1)N(Cc1ccc(Cl)c(Cl)c1)C(=O)CN(c1ccc(F)c(Cl)c1)S(=O)(=O)c1ccccc1. The predicted molar refractivity (Wildman–Crippen MR) is 177 cm³/mol. The number of carbonyl (C=O) groups excluding carboxylic acids is 2. The van der Waals surface area contributed by atoms with Crippen LogP contribution in [0.15, 0.2) is 102 Å². The van der Waals surface area contributed by atoms with E-state index in [9.17, 15) is 22.4 Å². The Morgan fingerprint density at radius 2 is 1.44 bits per heavy atom. The van der Waals surface area contributed by atoms with Gasteiger partial charge in [0.1, 0.15) is 18.4 Å². The van der Waals surface area contributed by atoms with Gasteiger partial charge in [-0.2, -0.15) is 0 Å². The number of benzene rings is 4. The molecule has 4 rings (SSSR count). The van der Waals surface area contributed by atoms with E-state index in [-0.39, 0.29) is 39.6 Å². The van der Waals surface area contributed by atoms with Gasteiger partial charge in [-0.05, 0) is 67.4 Å². The van der Waals surface area contributed by atoms with Gasteiger partial charge in [-0.1, -0.05) is 89.4 Å². The summed E-state index contributed by atoms with van der Waals surface area (Å²) in [5.74, 6) is -1.87. The average molecular weight is 691 g/mol. The van der Waals surface area contributed by atoms with Gasteiger partial charge in [0.2, 0.25) is 11.8 Å². The molecule has 4 aromatic rings. The van der Waals surface area contributed by atoms with Crippen molar-refractivity contribution in [2.45, 2.75) is 43.8 Å². The highest BCUT2D eigenvalue weighted by Crippen LogP contribution is 2.29. The van der Waals surface area contributed by atoms with E-state index in [1.54, 1.807) is 50.2 Å². The lowest BCUT2D eigenvalue weighted by Crippen LogP contribution is -2.54. The van der Waals surface area contributed by atoms with Crippen molar-refractivity contribution >= 4 is 62.3 Å². The molecule has 0 saturated heterocycles. The second-order valence-electron chi connectivity index (χ2n) is 10.6. The normalized spacial score (nSPS) is 12.1. The molecule has 12 heteroatoms. The topological polar surface area (TPSA) is 86.8 Å². The Morgan fingerprint density at radius 3 is 2.04 bits per heavy atom. The lowest BCUT2D eigenvalue weighted by molar-refractivity contribution is -0.140. The van der Waals surface area contributed by atoms with Gasteiger partial charge in [0.05, 0.1) is 25.7 Å². The number of sulfonamides is 1. The van der Waals surface area contributed by atoms with E-state index in [1.165, 1.54) is 23.1 Å². The largest absolute Gasteiger partial charge is 0.352 e. The summed E-state index contributed by atoms with van der Waals surface area (Å²) in [5, 5.41) is 3.13. The first kappa shape index (κ1) is 34.2. The minimum Gasteiger partial charge on any atom is -0.352 e. The Morgan fingerprint density at radius 1 is 0.800 bits per heavy atom. The smallest absolute Gasteiger partial charge is 0.264 e. The number of anilines is 1. The first-order valence-electron chi connectivity index (χ1n) is 14.0. The van der Waals surface area contributed by atoms with Crippen LogP contribution in [-0.4, -0.2) is 43.8 Å². The third-order valence-electron chi connectivity index (χ3n) is 6.84. The van der Waals surface area contributed by atoms with Gasteiger partial charge >= 0.3 is 0 Å². The Labute approximate surface area is 277 Å². The first-order chi connectivity index (χ1) is 21.4. The Hall–Kier alpha value is -3.63. The molecule has 45 heavy (non-hydrogen) atoms. The van der Waals surface area contributed by atoms with E-state index < -0.39 is 40.2 Å². The molecule has 0 bridgehead atoms. The van der Waals surface area contributed by atoms with Gasteiger partial charge in [-0.3, -0.25) is 13.9 Å². The Bertz CT molecular complexity index is 1760. The molecule has 4 aromatic carbocycles. The lowest BCUT2D eigenvalue weighted by Gasteiger charge is -2.34. The van der Waals surface area contributed by atoms with E-state index in [1.807, 2.05) is 30.3 Å². The molecule has 0 spiro atoms. The number of nitrogens with zero attached hydrogens (tertiary/aromatic N) is 2. The summed E-state index contributed by atoms with van der Waals surface area (Å²) in [7, 11) is -4.36. The molecule has 0 radical (unpaired) electrons. The zero-order valence-electron chi connectivity index (χ0n) is 24.5. The van der Waals surface area contributed by atoms with Crippen LogP contribution in [0.4, 0.5) is 10.1 Å². The number of rotatable bonds is 12. The first-order valence-corrected chi connectivity index (χ1v) is 16.5. The van der Waals surface area contributed by atoms with Gasteiger partial charge in [0.25, 0.3) is 10.0 Å². The third-order valence-corrected chi connectivity index (χ3v) is 9.66. The highest BCUT2D eigenvalue weighted by molar-refractivity contribution is 7.92. The van der Waals surface area contributed by atoms with Crippen LogP contribution < -0.4 is 9.62 Å². The van der Waals surface area contributed by atoms with E-state index in [0.717, 1.165) is 22.0 Å². The summed E-state index contributed by atoms with van der Waals surface area (Å²) in [6, 6.07) is 23.6. The van der Waals surface area contributed by atoms with Gasteiger partial charge in [-0.25, -0.2) is 12.8 Å². The van der Waals surface area contributed by atoms with Crippen molar-refractivity contribution in [3.8, 4) is 0 Å². The standard InChI is InChI=1S/C33H31Cl3FN3O4S/c1-22(2)38-33(42)31(18-23-9-5-3-6-10-23)39(20-24-13-15-27(34)28(35)17-24)32(41)21-40(25-14-16-30(37)29(36)19-25)45(43,44)26-11-7-4-8-12-26/h3-17,19,22,31H,18,20-21H2,1-2H3,(H,38,42). The monoisotopic (exact) mass is 689 g/mol. The van der Waals surface area contributed by atoms with E-state index in [4.69, 9.17) is 34.8 Å². The number of nitrogens with one attached hydrogen (secondary N) is 1. The van der Waals surface area contributed by atoms with E-state index in [2.05, 4.69) is 5.32 Å². The number of halogens is 4. The molecular weight excluding hydrogens is 660 g/mol. The fourth-order valence-corrected chi connectivity index (χ4v) is 6.58. The molecular formula is C33H31Cl3FN3O4S. The van der Waals surface area contributed by atoms with Crippen LogP contribution in [0.1, 0.15) is 25.0 Å². The van der Waals surface area contributed by atoms with Crippen LogP contribution >= 0.6 is 34.8 Å². The van der Waals surface area contributed by atoms with Gasteiger partial charge in [-0.15, -0.1) is 0 Å². The molecule has 0 aromatic heterocycles. The maximum Gasteiger partial charge on any atom is 0.264 e. The summed E-state index contributed by atoms with van der Waals surface area (Å²) < 4.78 is 43.0. The van der Waals surface area contributed by atoms with Gasteiger partial charge in [0.15, 0.2) is 0 Å². The second-order valence-corrected chi connectivity index (χ2v) is 13.6. The summed E-state index contributed by atoms with van der Waals surface area (Å²) in [6.07, 6.45) is 0.139. The van der Waals surface area contributed by atoms with Crippen molar-refractivity contribution in [2.24, 2.45) is 0 Å². The number of amides is 2. The molecule has 0 fully saturated rings. The molecule has 0 aliphatic heterocycles. The predicted octanol–water partition coefficient (Wildman–Crippen LogP) is 7.15. The molecule has 7 nitrogen and oxygen atoms in total.